The summed E-state index contributed by atoms with van der Waals surface area (Å²) in [5, 5.41) is 11.4. The molecule has 1 heterocycles. The third kappa shape index (κ3) is 5.09. The Kier molecular flexibility index (Phi) is 7.99. The van der Waals surface area contributed by atoms with Gasteiger partial charge in [-0.3, -0.25) is 9.59 Å². The van der Waals surface area contributed by atoms with Gasteiger partial charge in [0.15, 0.2) is 11.5 Å². The van der Waals surface area contributed by atoms with Crippen molar-refractivity contribution in [2.24, 2.45) is 0 Å². The predicted octanol–water partition coefficient (Wildman–Crippen LogP) is 4.08. The Morgan fingerprint density at radius 1 is 1.09 bits per heavy atom. The number of ketones is 1. The zero-order valence-corrected chi connectivity index (χ0v) is 20.8. The Morgan fingerprint density at radius 3 is 2.47 bits per heavy atom. The van der Waals surface area contributed by atoms with Crippen LogP contribution in [-0.2, 0) is 9.59 Å². The molecule has 1 atom stereocenters. The van der Waals surface area contributed by atoms with Gasteiger partial charge in [-0.25, -0.2) is 0 Å². The number of likely N-dealkylation sites (tertiary alicyclic amines) is 1. The molecule has 0 radical (unpaired) electrons. The van der Waals surface area contributed by atoms with Crippen LogP contribution in [0, 0.1) is 13.8 Å². The van der Waals surface area contributed by atoms with Gasteiger partial charge in [0.1, 0.15) is 5.76 Å². The summed E-state index contributed by atoms with van der Waals surface area (Å²) in [7, 11) is 5.38. The lowest BCUT2D eigenvalue weighted by Gasteiger charge is -2.27. The van der Waals surface area contributed by atoms with Crippen molar-refractivity contribution in [1.82, 2.24) is 9.80 Å². The van der Waals surface area contributed by atoms with Crippen LogP contribution in [0.15, 0.2) is 42.0 Å². The summed E-state index contributed by atoms with van der Waals surface area (Å²) >= 11 is 0. The average molecular weight is 467 g/mol. The molecule has 0 saturated carbocycles. The lowest BCUT2D eigenvalue weighted by Crippen LogP contribution is -2.35. The van der Waals surface area contributed by atoms with Crippen LogP contribution in [0.5, 0.6) is 11.5 Å². The first-order chi connectivity index (χ1) is 16.2. The first kappa shape index (κ1) is 25.3. The zero-order chi connectivity index (χ0) is 25.0. The summed E-state index contributed by atoms with van der Waals surface area (Å²) in [5.41, 5.74) is 3.08. The summed E-state index contributed by atoms with van der Waals surface area (Å²) in [6.07, 6.45) is 0.821. The quantitative estimate of drug-likeness (QED) is 0.341. The number of carbonyl (C=O) groups is 2. The highest BCUT2D eigenvalue weighted by atomic mass is 16.5. The fraction of sp³-hybridized carbons (Fsp3) is 0.407. The number of aliphatic hydroxyl groups excluding tert-OH is 1. The van der Waals surface area contributed by atoms with Crippen LogP contribution in [0.4, 0.5) is 0 Å². The number of ether oxygens (including phenoxy) is 2. The Balaban J connectivity index is 2.21. The second-order valence-electron chi connectivity index (χ2n) is 8.87. The van der Waals surface area contributed by atoms with Crippen LogP contribution >= 0.6 is 0 Å². The molecule has 1 fully saturated rings. The number of hydrogen-bond donors (Lipinski definition) is 1. The molecule has 1 aliphatic rings. The Labute approximate surface area is 201 Å². The number of rotatable bonds is 9. The van der Waals surface area contributed by atoms with E-state index in [-0.39, 0.29) is 11.3 Å². The van der Waals surface area contributed by atoms with Crippen molar-refractivity contribution in [2.45, 2.75) is 33.2 Å². The molecule has 3 rings (SSSR count). The van der Waals surface area contributed by atoms with Crippen molar-refractivity contribution in [2.75, 3.05) is 40.9 Å². The van der Waals surface area contributed by atoms with Gasteiger partial charge in [0.05, 0.1) is 25.3 Å². The Hall–Kier alpha value is -3.32. The van der Waals surface area contributed by atoms with E-state index in [0.29, 0.717) is 42.3 Å². The predicted molar refractivity (Wildman–Crippen MR) is 132 cm³/mol. The van der Waals surface area contributed by atoms with E-state index in [0.717, 1.165) is 17.5 Å². The van der Waals surface area contributed by atoms with Crippen molar-refractivity contribution < 1.29 is 24.2 Å². The summed E-state index contributed by atoms with van der Waals surface area (Å²) in [5.74, 6) is -0.368. The first-order valence-corrected chi connectivity index (χ1v) is 11.5. The Bertz CT molecular complexity index is 1110. The molecule has 34 heavy (non-hydrogen) atoms. The molecule has 1 unspecified atom stereocenters. The van der Waals surface area contributed by atoms with Gasteiger partial charge in [-0.15, -0.1) is 0 Å². The minimum absolute atomic E-state index is 0.0871. The van der Waals surface area contributed by atoms with Crippen molar-refractivity contribution in [3.05, 3.63) is 64.2 Å². The highest BCUT2D eigenvalue weighted by molar-refractivity contribution is 6.46. The molecular formula is C27H34N2O5. The monoisotopic (exact) mass is 466 g/mol. The number of aryl methyl sites for hydroxylation is 2. The number of likely N-dealkylation sites (N-methyl/N-ethyl adjacent to an activating group) is 1. The largest absolute Gasteiger partial charge is 0.507 e. The third-order valence-corrected chi connectivity index (χ3v) is 5.94. The SMILES string of the molecule is CCCOc1cc(C2/C(=C(\O)c3cc(C)ccc3C)C(=O)C(=O)N2CCN(C)C)ccc1OC. The van der Waals surface area contributed by atoms with E-state index in [1.165, 1.54) is 4.90 Å². The zero-order valence-electron chi connectivity index (χ0n) is 20.8. The molecule has 0 aliphatic carbocycles. The lowest BCUT2D eigenvalue weighted by molar-refractivity contribution is -0.140. The van der Waals surface area contributed by atoms with Gasteiger partial charge in [-0.2, -0.15) is 0 Å². The van der Waals surface area contributed by atoms with Crippen molar-refractivity contribution in [3.63, 3.8) is 0 Å². The molecule has 0 bridgehead atoms. The van der Waals surface area contributed by atoms with E-state index >= 15 is 0 Å². The number of benzene rings is 2. The molecular weight excluding hydrogens is 432 g/mol. The molecule has 7 nitrogen and oxygen atoms in total. The number of nitrogens with zero attached hydrogens (tertiary/aromatic N) is 2. The van der Waals surface area contributed by atoms with E-state index in [1.807, 2.05) is 64.0 Å². The molecule has 182 valence electrons. The van der Waals surface area contributed by atoms with Crippen LogP contribution in [0.3, 0.4) is 0 Å². The number of hydrogen-bond acceptors (Lipinski definition) is 6. The van der Waals surface area contributed by atoms with Crippen LogP contribution in [0.25, 0.3) is 5.76 Å². The number of amides is 1. The van der Waals surface area contributed by atoms with E-state index in [2.05, 4.69) is 0 Å². The van der Waals surface area contributed by atoms with Gasteiger partial charge in [-0.1, -0.05) is 30.7 Å². The molecule has 7 heteroatoms. The van der Waals surface area contributed by atoms with Gasteiger partial charge < -0.3 is 24.4 Å². The molecule has 1 amide bonds. The topological polar surface area (TPSA) is 79.3 Å². The van der Waals surface area contributed by atoms with Crippen molar-refractivity contribution in [3.8, 4) is 11.5 Å². The van der Waals surface area contributed by atoms with E-state index < -0.39 is 17.7 Å². The fourth-order valence-electron chi connectivity index (χ4n) is 4.09. The maximum Gasteiger partial charge on any atom is 0.295 e. The average Bonchev–Trinajstić information content (AvgIpc) is 3.07. The highest BCUT2D eigenvalue weighted by Gasteiger charge is 2.46. The molecule has 0 spiro atoms. The van der Waals surface area contributed by atoms with Crippen LogP contribution < -0.4 is 9.47 Å². The maximum absolute atomic E-state index is 13.3. The molecule has 0 aromatic heterocycles. The van der Waals surface area contributed by atoms with Gasteiger partial charge >= 0.3 is 0 Å². The molecule has 1 aliphatic heterocycles. The lowest BCUT2D eigenvalue weighted by atomic mass is 9.93. The normalized spacial score (nSPS) is 17.5. The van der Waals surface area contributed by atoms with E-state index in [9.17, 15) is 14.7 Å². The maximum atomic E-state index is 13.3. The van der Waals surface area contributed by atoms with E-state index in [4.69, 9.17) is 9.47 Å². The highest BCUT2D eigenvalue weighted by Crippen LogP contribution is 2.42. The summed E-state index contributed by atoms with van der Waals surface area (Å²) < 4.78 is 11.3. The van der Waals surface area contributed by atoms with Gasteiger partial charge in [0.2, 0.25) is 0 Å². The summed E-state index contributed by atoms with van der Waals surface area (Å²) in [6, 6.07) is 10.3. The molecule has 2 aromatic carbocycles. The third-order valence-electron chi connectivity index (χ3n) is 5.94. The Morgan fingerprint density at radius 2 is 1.82 bits per heavy atom. The van der Waals surface area contributed by atoms with Gasteiger partial charge in [0, 0.05) is 18.7 Å². The number of carbonyl (C=O) groups excluding carboxylic acids is 2. The van der Waals surface area contributed by atoms with Crippen LogP contribution in [0.2, 0.25) is 0 Å². The van der Waals surface area contributed by atoms with Crippen molar-refractivity contribution in [1.29, 1.82) is 0 Å². The summed E-state index contributed by atoms with van der Waals surface area (Å²) in [4.78, 5) is 29.9. The molecule has 2 aromatic rings. The fourth-order valence-corrected chi connectivity index (χ4v) is 4.09. The standard InChI is InChI=1S/C27H34N2O5/c1-7-14-34-22-16-19(10-11-21(22)33-6)24-23(25(30)20-15-17(2)8-9-18(20)3)26(31)27(32)29(24)13-12-28(4)5/h8-11,15-16,24,30H,7,12-14H2,1-6H3/b25-23+. The minimum atomic E-state index is -0.741. The second-order valence-corrected chi connectivity index (χ2v) is 8.87. The second kappa shape index (κ2) is 10.7. The number of methoxy groups -OCH3 is 1. The van der Waals surface area contributed by atoms with E-state index in [1.54, 1.807) is 19.2 Å². The molecule has 1 saturated heterocycles. The first-order valence-electron chi connectivity index (χ1n) is 11.5. The minimum Gasteiger partial charge on any atom is -0.507 e. The van der Waals surface area contributed by atoms with Crippen LogP contribution in [-0.4, -0.2) is 67.5 Å². The molecule has 1 N–H and O–H groups in total. The summed E-state index contributed by atoms with van der Waals surface area (Å²) in [6.45, 7) is 7.21. The van der Waals surface area contributed by atoms with Crippen molar-refractivity contribution >= 4 is 17.4 Å². The number of aliphatic hydroxyl groups is 1. The van der Waals surface area contributed by atoms with Gasteiger partial charge in [-0.05, 0) is 63.7 Å². The smallest absolute Gasteiger partial charge is 0.295 e. The number of Topliss-reactive ketones (excluding diaryl/α,β-unsaturated/α-hetero) is 1. The van der Waals surface area contributed by atoms with Gasteiger partial charge in [0.25, 0.3) is 11.7 Å². The van der Waals surface area contributed by atoms with Crippen LogP contribution in [0.1, 0.15) is 41.6 Å².